The highest BCUT2D eigenvalue weighted by atomic mass is 35.5. The maximum absolute atomic E-state index is 13.4. The van der Waals surface area contributed by atoms with Crippen LogP contribution in [0.2, 0.25) is 4.34 Å². The number of nitrogens with one attached hydrogen (secondary N) is 1. The summed E-state index contributed by atoms with van der Waals surface area (Å²) in [4.78, 5) is 16.7. The largest absolute Gasteiger partial charge is 0.339 e. The lowest BCUT2D eigenvalue weighted by molar-refractivity contribution is 0.101. The quantitative estimate of drug-likeness (QED) is 0.667. The van der Waals surface area contributed by atoms with Crippen LogP contribution in [-0.2, 0) is 6.54 Å². The van der Waals surface area contributed by atoms with Gasteiger partial charge in [0.1, 0.15) is 15.8 Å². The van der Waals surface area contributed by atoms with Gasteiger partial charge >= 0.3 is 0 Å². The zero-order chi connectivity index (χ0) is 18.0. The number of amides is 1. The number of anilines is 1. The van der Waals surface area contributed by atoms with E-state index in [-0.39, 0.29) is 17.6 Å². The summed E-state index contributed by atoms with van der Waals surface area (Å²) in [6.45, 7) is 4.53. The predicted molar refractivity (Wildman–Crippen MR) is 99.1 cm³/mol. The molecule has 4 nitrogen and oxygen atoms in total. The molecule has 0 saturated carbocycles. The second-order valence-electron chi connectivity index (χ2n) is 5.99. The number of carbonyl (C=O) groups is 1. The number of aromatic nitrogens is 2. The third kappa shape index (κ3) is 4.27. The van der Waals surface area contributed by atoms with E-state index < -0.39 is 0 Å². The molecule has 1 N–H and O–H groups in total. The van der Waals surface area contributed by atoms with E-state index in [1.165, 1.54) is 29.7 Å². The van der Waals surface area contributed by atoms with E-state index in [2.05, 4.69) is 24.1 Å². The van der Waals surface area contributed by atoms with Crippen molar-refractivity contribution in [2.45, 2.75) is 26.3 Å². The zero-order valence-electron chi connectivity index (χ0n) is 13.8. The van der Waals surface area contributed by atoms with Crippen LogP contribution in [0.25, 0.3) is 0 Å². The summed E-state index contributed by atoms with van der Waals surface area (Å²) in [5, 5.41) is 3.20. The lowest BCUT2D eigenvalue weighted by Crippen LogP contribution is -2.17. The molecule has 1 aromatic carbocycles. The van der Waals surface area contributed by atoms with Gasteiger partial charge in [-0.1, -0.05) is 48.9 Å². The topological polar surface area (TPSA) is 46.9 Å². The van der Waals surface area contributed by atoms with Gasteiger partial charge < -0.3 is 4.57 Å². The number of hydrogen-bond donors (Lipinski definition) is 1. The molecule has 0 aliphatic heterocycles. The Bertz CT molecular complexity index is 903. The number of thiazole rings is 1. The van der Waals surface area contributed by atoms with Crippen LogP contribution in [-0.4, -0.2) is 15.5 Å². The summed E-state index contributed by atoms with van der Waals surface area (Å²) in [5.74, 6) is -0.291. The minimum atomic E-state index is -0.294. The first-order valence-electron chi connectivity index (χ1n) is 7.79. The molecule has 0 aliphatic carbocycles. The molecule has 0 bridgehead atoms. The van der Waals surface area contributed by atoms with Crippen LogP contribution in [0.5, 0.6) is 0 Å². The summed E-state index contributed by atoms with van der Waals surface area (Å²) in [6.07, 6.45) is 3.42. The Balaban J connectivity index is 1.90. The minimum absolute atomic E-state index is 0.269. The van der Waals surface area contributed by atoms with Gasteiger partial charge in [0, 0.05) is 12.7 Å². The zero-order valence-corrected chi connectivity index (χ0v) is 15.4. The van der Waals surface area contributed by atoms with Gasteiger partial charge in [-0.05, 0) is 35.2 Å². The molecule has 2 aromatic heterocycles. The van der Waals surface area contributed by atoms with E-state index in [9.17, 15) is 9.18 Å². The van der Waals surface area contributed by atoms with E-state index in [0.717, 1.165) is 11.1 Å². The summed E-state index contributed by atoms with van der Waals surface area (Å²) in [7, 11) is 0. The Hall–Kier alpha value is -2.18. The van der Waals surface area contributed by atoms with Gasteiger partial charge in [-0.25, -0.2) is 9.37 Å². The molecule has 1 amide bonds. The molecule has 130 valence electrons. The first kappa shape index (κ1) is 17.6. The average Bonchev–Trinajstić information content (AvgIpc) is 3.14. The number of carbonyl (C=O) groups excluding carboxylic acids is 1. The first-order chi connectivity index (χ1) is 11.9. The second-order valence-corrected chi connectivity index (χ2v) is 7.66. The molecule has 0 spiro atoms. The minimum Gasteiger partial charge on any atom is -0.339 e. The van der Waals surface area contributed by atoms with Crippen LogP contribution in [0.15, 0.2) is 42.7 Å². The predicted octanol–water partition coefficient (Wildman–Crippen LogP) is 5.16. The van der Waals surface area contributed by atoms with Gasteiger partial charge in [0.05, 0.1) is 6.20 Å². The maximum Gasteiger partial charge on any atom is 0.274 e. The van der Waals surface area contributed by atoms with Crippen molar-refractivity contribution in [1.82, 2.24) is 9.55 Å². The molecule has 25 heavy (non-hydrogen) atoms. The van der Waals surface area contributed by atoms with Gasteiger partial charge in [-0.2, -0.15) is 0 Å². The van der Waals surface area contributed by atoms with Crippen molar-refractivity contribution in [3.63, 3.8) is 0 Å². The molecule has 2 heterocycles. The van der Waals surface area contributed by atoms with Gasteiger partial charge in [0.25, 0.3) is 5.91 Å². The third-order valence-corrected chi connectivity index (χ3v) is 4.79. The highest BCUT2D eigenvalue weighted by Gasteiger charge is 2.17. The highest BCUT2D eigenvalue weighted by Crippen LogP contribution is 2.24. The van der Waals surface area contributed by atoms with Gasteiger partial charge in [-0.15, -0.1) is 0 Å². The highest BCUT2D eigenvalue weighted by molar-refractivity contribution is 7.19. The smallest absolute Gasteiger partial charge is 0.274 e. The summed E-state index contributed by atoms with van der Waals surface area (Å²) >= 11 is 7.05. The molecule has 7 heteroatoms. The molecular weight excluding hydrogens is 361 g/mol. The van der Waals surface area contributed by atoms with E-state index >= 15 is 0 Å². The van der Waals surface area contributed by atoms with Crippen molar-refractivity contribution in [2.24, 2.45) is 0 Å². The fourth-order valence-corrected chi connectivity index (χ4v) is 3.28. The lowest BCUT2D eigenvalue weighted by Gasteiger charge is -2.09. The Morgan fingerprint density at radius 1 is 1.40 bits per heavy atom. The van der Waals surface area contributed by atoms with Gasteiger partial charge in [-0.3, -0.25) is 10.1 Å². The normalized spacial score (nSPS) is 11.1. The van der Waals surface area contributed by atoms with Crippen LogP contribution in [0.4, 0.5) is 9.52 Å². The summed E-state index contributed by atoms with van der Waals surface area (Å²) in [6, 6.07) is 8.22. The van der Waals surface area contributed by atoms with Crippen molar-refractivity contribution in [3.8, 4) is 0 Å². The van der Waals surface area contributed by atoms with E-state index in [0.29, 0.717) is 21.7 Å². The molecule has 0 radical (unpaired) electrons. The lowest BCUT2D eigenvalue weighted by atomic mass is 10.1. The summed E-state index contributed by atoms with van der Waals surface area (Å²) in [5.41, 5.74) is 2.33. The molecule has 0 unspecified atom stereocenters. The molecule has 0 saturated heterocycles. The Morgan fingerprint density at radius 3 is 2.84 bits per heavy atom. The number of nitrogens with zero attached hydrogens (tertiary/aromatic N) is 2. The molecule has 0 atom stereocenters. The van der Waals surface area contributed by atoms with Crippen molar-refractivity contribution >= 4 is 34.0 Å². The Labute approximate surface area is 154 Å². The average molecular weight is 378 g/mol. The molecular formula is C18H17ClFN3OS. The van der Waals surface area contributed by atoms with Crippen molar-refractivity contribution in [1.29, 1.82) is 0 Å². The molecule has 3 rings (SSSR count). The Kier molecular flexibility index (Phi) is 5.20. The third-order valence-electron chi connectivity index (χ3n) is 3.76. The van der Waals surface area contributed by atoms with Crippen LogP contribution in [0.3, 0.4) is 0 Å². The van der Waals surface area contributed by atoms with Crippen molar-refractivity contribution in [2.75, 3.05) is 5.32 Å². The van der Waals surface area contributed by atoms with E-state index in [1.54, 1.807) is 6.07 Å². The number of benzene rings is 1. The van der Waals surface area contributed by atoms with Crippen molar-refractivity contribution < 1.29 is 9.18 Å². The second kappa shape index (κ2) is 7.37. The fourth-order valence-electron chi connectivity index (χ4n) is 2.48. The SMILES string of the molecule is CC(C)c1cc(C(=O)Nc2ncc(Cl)s2)n(Cc2cccc(F)c2)c1. The van der Waals surface area contributed by atoms with Crippen LogP contribution < -0.4 is 5.32 Å². The standard InChI is InChI=1S/C18H17ClFN3OS/c1-11(2)13-7-15(17(24)22-18-21-8-16(19)25-18)23(10-13)9-12-4-3-5-14(20)6-12/h3-8,10-11H,9H2,1-2H3,(H,21,22,24). The number of rotatable bonds is 5. The first-order valence-corrected chi connectivity index (χ1v) is 8.99. The molecule has 0 fully saturated rings. The number of halogens is 2. The number of hydrogen-bond acceptors (Lipinski definition) is 3. The van der Waals surface area contributed by atoms with Crippen LogP contribution in [0, 0.1) is 5.82 Å². The van der Waals surface area contributed by atoms with Gasteiger partial charge in [0.15, 0.2) is 5.13 Å². The molecule has 0 aliphatic rings. The fraction of sp³-hybridized carbons (Fsp3) is 0.222. The van der Waals surface area contributed by atoms with E-state index in [4.69, 9.17) is 11.6 Å². The van der Waals surface area contributed by atoms with Crippen LogP contribution >= 0.6 is 22.9 Å². The Morgan fingerprint density at radius 2 is 2.20 bits per heavy atom. The van der Waals surface area contributed by atoms with Gasteiger partial charge in [0.2, 0.25) is 0 Å². The summed E-state index contributed by atoms with van der Waals surface area (Å²) < 4.78 is 15.8. The molecule has 3 aromatic rings. The maximum atomic E-state index is 13.4. The monoisotopic (exact) mass is 377 g/mol. The van der Waals surface area contributed by atoms with Crippen LogP contribution in [0.1, 0.15) is 41.4 Å². The van der Waals surface area contributed by atoms with Crippen molar-refractivity contribution in [3.05, 3.63) is 69.7 Å². The van der Waals surface area contributed by atoms with E-state index in [1.807, 2.05) is 22.9 Å².